The second kappa shape index (κ2) is 5.47. The summed E-state index contributed by atoms with van der Waals surface area (Å²) in [6.07, 6.45) is 0. The van der Waals surface area contributed by atoms with Gasteiger partial charge < -0.3 is 0 Å². The number of nitrogens with zero attached hydrogens (tertiary/aromatic N) is 3. The van der Waals surface area contributed by atoms with Crippen LogP contribution in [0.2, 0.25) is 5.15 Å². The topological polar surface area (TPSA) is 38.7 Å². The van der Waals surface area contributed by atoms with Crippen molar-refractivity contribution in [3.05, 3.63) is 35.2 Å². The maximum atomic E-state index is 6.05. The van der Waals surface area contributed by atoms with Crippen LogP contribution in [0.4, 0.5) is 0 Å². The number of rotatable bonds is 3. The van der Waals surface area contributed by atoms with Crippen LogP contribution < -0.4 is 0 Å². The van der Waals surface area contributed by atoms with E-state index in [9.17, 15) is 0 Å². The molecule has 88 valence electrons. The molecule has 0 aliphatic rings. The molecule has 17 heavy (non-hydrogen) atoms. The predicted molar refractivity (Wildman–Crippen MR) is 71.4 cm³/mol. The Kier molecular flexibility index (Phi) is 3.97. The lowest BCUT2D eigenvalue weighted by molar-refractivity contribution is 0.914. The van der Waals surface area contributed by atoms with Gasteiger partial charge in [0.05, 0.1) is 0 Å². The van der Waals surface area contributed by atoms with Gasteiger partial charge in [-0.1, -0.05) is 30.7 Å². The largest absolute Gasteiger partial charge is 0.217 e. The van der Waals surface area contributed by atoms with Crippen LogP contribution in [0.3, 0.4) is 0 Å². The second-order valence-corrected chi connectivity index (χ2v) is 5.15. The van der Waals surface area contributed by atoms with Crippen LogP contribution in [-0.4, -0.2) is 20.9 Å². The smallest absolute Gasteiger partial charge is 0.159 e. The van der Waals surface area contributed by atoms with Crippen molar-refractivity contribution >= 4 is 23.4 Å². The molecule has 0 aliphatic carbocycles. The van der Waals surface area contributed by atoms with Crippen molar-refractivity contribution in [3.8, 4) is 11.3 Å². The van der Waals surface area contributed by atoms with Crippen LogP contribution in [0, 0.1) is 6.92 Å². The van der Waals surface area contributed by atoms with E-state index in [4.69, 9.17) is 11.6 Å². The number of aryl methyl sites for hydroxylation is 1. The van der Waals surface area contributed by atoms with Crippen LogP contribution >= 0.6 is 23.4 Å². The molecule has 3 nitrogen and oxygen atoms in total. The molecule has 0 spiro atoms. The van der Waals surface area contributed by atoms with E-state index in [2.05, 4.69) is 34.2 Å². The highest BCUT2D eigenvalue weighted by Gasteiger charge is 2.07. The summed E-state index contributed by atoms with van der Waals surface area (Å²) < 4.78 is 0. The minimum Gasteiger partial charge on any atom is -0.217 e. The Labute approximate surface area is 110 Å². The van der Waals surface area contributed by atoms with Gasteiger partial charge in [0.1, 0.15) is 11.5 Å². The third kappa shape index (κ3) is 2.96. The van der Waals surface area contributed by atoms with Gasteiger partial charge in [-0.3, -0.25) is 0 Å². The average molecular weight is 266 g/mol. The van der Waals surface area contributed by atoms with Crippen molar-refractivity contribution < 1.29 is 0 Å². The zero-order valence-electron chi connectivity index (χ0n) is 9.64. The van der Waals surface area contributed by atoms with Crippen molar-refractivity contribution in [2.75, 3.05) is 5.75 Å². The molecule has 0 saturated heterocycles. The number of thioether (sulfide) groups is 1. The van der Waals surface area contributed by atoms with Crippen LogP contribution in [0.25, 0.3) is 11.3 Å². The Morgan fingerprint density at radius 3 is 2.47 bits per heavy atom. The zero-order valence-corrected chi connectivity index (χ0v) is 11.2. The first-order valence-corrected chi connectivity index (χ1v) is 6.67. The molecule has 0 radical (unpaired) electrons. The molecule has 0 N–H and O–H groups in total. The molecule has 1 heterocycles. The molecule has 1 aromatic carbocycles. The van der Waals surface area contributed by atoms with Crippen LogP contribution in [0.1, 0.15) is 12.7 Å². The minimum absolute atomic E-state index is 0.397. The third-order valence-corrected chi connectivity index (χ3v) is 3.35. The SMILES string of the molecule is CCSc1ccc(-c2nnc(C)nc2Cl)cc1. The fourth-order valence-corrected chi connectivity index (χ4v) is 2.36. The summed E-state index contributed by atoms with van der Waals surface area (Å²) in [6, 6.07) is 8.10. The summed E-state index contributed by atoms with van der Waals surface area (Å²) in [4.78, 5) is 5.33. The molecular formula is C12H12ClN3S. The van der Waals surface area contributed by atoms with Crippen LogP contribution in [0.15, 0.2) is 29.2 Å². The number of aromatic nitrogens is 3. The number of hydrogen-bond acceptors (Lipinski definition) is 4. The monoisotopic (exact) mass is 265 g/mol. The van der Waals surface area contributed by atoms with E-state index in [1.165, 1.54) is 4.90 Å². The Bertz CT molecular complexity index is 514. The van der Waals surface area contributed by atoms with Crippen LogP contribution in [0.5, 0.6) is 0 Å². The van der Waals surface area contributed by atoms with Crippen molar-refractivity contribution in [1.29, 1.82) is 0 Å². The predicted octanol–water partition coefficient (Wildman–Crippen LogP) is 3.61. The lowest BCUT2D eigenvalue weighted by atomic mass is 10.2. The first-order chi connectivity index (χ1) is 8.20. The Morgan fingerprint density at radius 1 is 1.18 bits per heavy atom. The molecule has 0 amide bonds. The lowest BCUT2D eigenvalue weighted by Gasteiger charge is -2.04. The highest BCUT2D eigenvalue weighted by atomic mass is 35.5. The normalized spacial score (nSPS) is 10.5. The fourth-order valence-electron chi connectivity index (χ4n) is 1.43. The van der Waals surface area contributed by atoms with E-state index in [-0.39, 0.29) is 0 Å². The van der Waals surface area contributed by atoms with Crippen molar-refractivity contribution in [3.63, 3.8) is 0 Å². The van der Waals surface area contributed by atoms with Crippen molar-refractivity contribution in [1.82, 2.24) is 15.2 Å². The molecule has 5 heteroatoms. The van der Waals surface area contributed by atoms with Crippen molar-refractivity contribution in [2.24, 2.45) is 0 Å². The number of halogens is 1. The highest BCUT2D eigenvalue weighted by Crippen LogP contribution is 2.26. The second-order valence-electron chi connectivity index (χ2n) is 3.46. The van der Waals surface area contributed by atoms with Gasteiger partial charge in [-0.25, -0.2) is 4.98 Å². The number of hydrogen-bond donors (Lipinski definition) is 0. The summed E-state index contributed by atoms with van der Waals surface area (Å²) >= 11 is 7.85. The van der Waals surface area contributed by atoms with Gasteiger partial charge in [-0.15, -0.1) is 22.0 Å². The summed E-state index contributed by atoms with van der Waals surface area (Å²) in [5.41, 5.74) is 1.57. The summed E-state index contributed by atoms with van der Waals surface area (Å²) in [6.45, 7) is 3.90. The molecule has 0 atom stereocenters. The van der Waals surface area contributed by atoms with E-state index in [0.717, 1.165) is 11.3 Å². The molecular weight excluding hydrogens is 254 g/mol. The van der Waals surface area contributed by atoms with Gasteiger partial charge in [-0.05, 0) is 24.8 Å². The zero-order chi connectivity index (χ0) is 12.3. The van der Waals surface area contributed by atoms with E-state index >= 15 is 0 Å². The summed E-state index contributed by atoms with van der Waals surface area (Å²) in [5, 5.41) is 8.39. The first-order valence-electron chi connectivity index (χ1n) is 5.30. The Hall–Kier alpha value is -1.13. The maximum Gasteiger partial charge on any atom is 0.159 e. The van der Waals surface area contributed by atoms with Gasteiger partial charge >= 0.3 is 0 Å². The quantitative estimate of drug-likeness (QED) is 0.795. The summed E-state index contributed by atoms with van der Waals surface area (Å²) in [7, 11) is 0. The average Bonchev–Trinajstić information content (AvgIpc) is 2.31. The number of benzene rings is 1. The Balaban J connectivity index is 2.33. The van der Waals surface area contributed by atoms with Crippen LogP contribution in [-0.2, 0) is 0 Å². The van der Waals surface area contributed by atoms with Gasteiger partial charge in [0.2, 0.25) is 0 Å². The molecule has 1 aromatic heterocycles. The minimum atomic E-state index is 0.397. The van der Waals surface area contributed by atoms with E-state index < -0.39 is 0 Å². The molecule has 2 aromatic rings. The highest BCUT2D eigenvalue weighted by molar-refractivity contribution is 7.99. The lowest BCUT2D eigenvalue weighted by Crippen LogP contribution is -1.95. The molecule has 0 saturated carbocycles. The van der Waals surface area contributed by atoms with Crippen molar-refractivity contribution in [2.45, 2.75) is 18.7 Å². The van der Waals surface area contributed by atoms with Gasteiger partial charge in [0.25, 0.3) is 0 Å². The third-order valence-electron chi connectivity index (χ3n) is 2.19. The van der Waals surface area contributed by atoms with Gasteiger partial charge in [-0.2, -0.15) is 0 Å². The molecule has 0 bridgehead atoms. The first kappa shape index (κ1) is 12.3. The standard InChI is InChI=1S/C12H12ClN3S/c1-3-17-10-6-4-9(5-7-10)11-12(13)14-8(2)15-16-11/h4-7H,3H2,1-2H3. The van der Waals surface area contributed by atoms with Gasteiger partial charge in [0, 0.05) is 10.5 Å². The van der Waals surface area contributed by atoms with Gasteiger partial charge in [0.15, 0.2) is 5.15 Å². The van der Waals surface area contributed by atoms with E-state index in [0.29, 0.717) is 16.7 Å². The molecule has 0 unspecified atom stereocenters. The van der Waals surface area contributed by atoms with E-state index in [1.54, 1.807) is 18.7 Å². The summed E-state index contributed by atoms with van der Waals surface area (Å²) in [5.74, 6) is 1.64. The molecule has 2 rings (SSSR count). The molecule has 0 fully saturated rings. The van der Waals surface area contributed by atoms with E-state index in [1.807, 2.05) is 12.1 Å². The Morgan fingerprint density at radius 2 is 1.88 bits per heavy atom. The fraction of sp³-hybridized carbons (Fsp3) is 0.250. The maximum absolute atomic E-state index is 6.05. The molecule has 0 aliphatic heterocycles.